The number of anilines is 2. The van der Waals surface area contributed by atoms with Gasteiger partial charge in [0, 0.05) is 38.9 Å². The maximum atomic E-state index is 12.3. The Balaban J connectivity index is 1.55. The Morgan fingerprint density at radius 3 is 2.67 bits per heavy atom. The standard InChI is InChI=1S/C17H24N6O/c1-21(12-14-10-19-22(2)13-14)17(24)20-15-6-7-16(18-11-15)23-8-4-3-5-9-23/h6-7,10-11,13H,3-5,8-9,12H2,1-2H3,(H,20,24). The van der Waals surface area contributed by atoms with Gasteiger partial charge in [-0.05, 0) is 31.4 Å². The van der Waals surface area contributed by atoms with Gasteiger partial charge in [-0.2, -0.15) is 5.10 Å². The molecule has 0 atom stereocenters. The number of nitrogens with zero attached hydrogens (tertiary/aromatic N) is 5. The van der Waals surface area contributed by atoms with Crippen molar-refractivity contribution in [2.75, 3.05) is 30.4 Å². The van der Waals surface area contributed by atoms with E-state index in [9.17, 15) is 4.79 Å². The zero-order valence-electron chi connectivity index (χ0n) is 14.3. The maximum absolute atomic E-state index is 12.3. The van der Waals surface area contributed by atoms with Crippen LogP contribution in [0.4, 0.5) is 16.3 Å². The number of amides is 2. The van der Waals surface area contributed by atoms with Crippen molar-refractivity contribution in [1.29, 1.82) is 0 Å². The topological polar surface area (TPSA) is 66.3 Å². The Bertz CT molecular complexity index is 675. The molecule has 0 radical (unpaired) electrons. The molecular weight excluding hydrogens is 304 g/mol. The largest absolute Gasteiger partial charge is 0.357 e. The van der Waals surface area contributed by atoms with Crippen molar-refractivity contribution in [2.24, 2.45) is 7.05 Å². The molecule has 2 aromatic heterocycles. The smallest absolute Gasteiger partial charge is 0.321 e. The zero-order valence-corrected chi connectivity index (χ0v) is 14.3. The van der Waals surface area contributed by atoms with Crippen LogP contribution in [0, 0.1) is 0 Å². The molecule has 2 amide bonds. The van der Waals surface area contributed by atoms with Gasteiger partial charge in [-0.3, -0.25) is 4.68 Å². The molecule has 0 saturated carbocycles. The van der Waals surface area contributed by atoms with Crippen LogP contribution in [-0.4, -0.2) is 45.8 Å². The second-order valence-electron chi connectivity index (χ2n) is 6.26. The maximum Gasteiger partial charge on any atom is 0.321 e. The molecule has 1 N–H and O–H groups in total. The fraction of sp³-hybridized carbons (Fsp3) is 0.471. The minimum atomic E-state index is -0.161. The van der Waals surface area contributed by atoms with Crippen LogP contribution < -0.4 is 10.2 Å². The zero-order chi connectivity index (χ0) is 16.9. The van der Waals surface area contributed by atoms with E-state index in [4.69, 9.17) is 0 Å². The van der Waals surface area contributed by atoms with Crippen molar-refractivity contribution in [1.82, 2.24) is 19.7 Å². The van der Waals surface area contributed by atoms with E-state index in [0.29, 0.717) is 12.2 Å². The van der Waals surface area contributed by atoms with Gasteiger partial charge in [0.25, 0.3) is 0 Å². The molecule has 0 spiro atoms. The molecule has 3 rings (SSSR count). The number of aryl methyl sites for hydroxylation is 1. The van der Waals surface area contributed by atoms with Crippen molar-refractivity contribution >= 4 is 17.5 Å². The van der Waals surface area contributed by atoms with Gasteiger partial charge in [0.2, 0.25) is 0 Å². The average Bonchev–Trinajstić information content (AvgIpc) is 3.01. The van der Waals surface area contributed by atoms with Crippen LogP contribution >= 0.6 is 0 Å². The molecular formula is C17H24N6O. The molecule has 0 aliphatic carbocycles. The molecule has 1 aliphatic heterocycles. The first-order valence-electron chi connectivity index (χ1n) is 8.32. The van der Waals surface area contributed by atoms with E-state index in [1.54, 1.807) is 29.0 Å². The predicted molar refractivity (Wildman–Crippen MR) is 94.0 cm³/mol. The summed E-state index contributed by atoms with van der Waals surface area (Å²) in [6, 6.07) is 3.72. The summed E-state index contributed by atoms with van der Waals surface area (Å²) >= 11 is 0. The Hall–Kier alpha value is -2.57. The van der Waals surface area contributed by atoms with E-state index in [0.717, 1.165) is 24.5 Å². The second kappa shape index (κ2) is 7.33. The first kappa shape index (κ1) is 16.3. The van der Waals surface area contributed by atoms with E-state index >= 15 is 0 Å². The fourth-order valence-electron chi connectivity index (χ4n) is 2.89. The lowest BCUT2D eigenvalue weighted by Crippen LogP contribution is -2.31. The Kier molecular flexibility index (Phi) is 4.98. The molecule has 1 saturated heterocycles. The summed E-state index contributed by atoms with van der Waals surface area (Å²) < 4.78 is 1.73. The molecule has 2 aromatic rings. The predicted octanol–water partition coefficient (Wildman–Crippen LogP) is 2.47. The van der Waals surface area contributed by atoms with Gasteiger partial charge in [-0.1, -0.05) is 0 Å². The van der Waals surface area contributed by atoms with Gasteiger partial charge in [-0.15, -0.1) is 0 Å². The van der Waals surface area contributed by atoms with Crippen molar-refractivity contribution in [3.8, 4) is 0 Å². The van der Waals surface area contributed by atoms with Gasteiger partial charge in [0.1, 0.15) is 5.82 Å². The summed E-state index contributed by atoms with van der Waals surface area (Å²) in [5, 5.41) is 6.99. The number of hydrogen-bond donors (Lipinski definition) is 1. The van der Waals surface area contributed by atoms with E-state index in [2.05, 4.69) is 20.3 Å². The van der Waals surface area contributed by atoms with Gasteiger partial charge in [0.15, 0.2) is 0 Å². The van der Waals surface area contributed by atoms with Crippen molar-refractivity contribution in [3.63, 3.8) is 0 Å². The molecule has 128 valence electrons. The number of pyridine rings is 1. The summed E-state index contributed by atoms with van der Waals surface area (Å²) in [4.78, 5) is 20.7. The van der Waals surface area contributed by atoms with Gasteiger partial charge < -0.3 is 15.1 Å². The normalized spacial score (nSPS) is 14.5. The molecule has 7 heteroatoms. The molecule has 1 aliphatic rings. The Morgan fingerprint density at radius 1 is 1.25 bits per heavy atom. The van der Waals surface area contributed by atoms with Crippen LogP contribution in [0.15, 0.2) is 30.7 Å². The number of aromatic nitrogens is 3. The number of carbonyl (C=O) groups is 1. The quantitative estimate of drug-likeness (QED) is 0.936. The summed E-state index contributed by atoms with van der Waals surface area (Å²) in [5.74, 6) is 0.983. The second-order valence-corrected chi connectivity index (χ2v) is 6.26. The lowest BCUT2D eigenvalue weighted by molar-refractivity contribution is 0.220. The van der Waals surface area contributed by atoms with Crippen molar-refractivity contribution in [2.45, 2.75) is 25.8 Å². The first-order valence-corrected chi connectivity index (χ1v) is 8.32. The third-order valence-corrected chi connectivity index (χ3v) is 4.20. The van der Waals surface area contributed by atoms with Crippen molar-refractivity contribution in [3.05, 3.63) is 36.3 Å². The van der Waals surface area contributed by atoms with E-state index in [1.165, 1.54) is 19.3 Å². The van der Waals surface area contributed by atoms with E-state index in [1.807, 2.05) is 25.4 Å². The highest BCUT2D eigenvalue weighted by molar-refractivity contribution is 5.89. The summed E-state index contributed by atoms with van der Waals surface area (Å²) in [5.41, 5.74) is 1.70. The molecule has 0 aromatic carbocycles. The number of hydrogen-bond acceptors (Lipinski definition) is 4. The summed E-state index contributed by atoms with van der Waals surface area (Å²) in [6.07, 6.45) is 9.13. The van der Waals surface area contributed by atoms with Crippen LogP contribution in [0.1, 0.15) is 24.8 Å². The van der Waals surface area contributed by atoms with E-state index in [-0.39, 0.29) is 6.03 Å². The Morgan fingerprint density at radius 2 is 2.04 bits per heavy atom. The highest BCUT2D eigenvalue weighted by atomic mass is 16.2. The van der Waals surface area contributed by atoms with Crippen molar-refractivity contribution < 1.29 is 4.79 Å². The third kappa shape index (κ3) is 4.04. The number of piperidine rings is 1. The Labute approximate surface area is 142 Å². The summed E-state index contributed by atoms with van der Waals surface area (Å²) in [7, 11) is 3.62. The van der Waals surface area contributed by atoms with E-state index < -0.39 is 0 Å². The number of nitrogens with one attached hydrogen (secondary N) is 1. The number of urea groups is 1. The molecule has 1 fully saturated rings. The fourth-order valence-corrected chi connectivity index (χ4v) is 2.89. The molecule has 3 heterocycles. The highest BCUT2D eigenvalue weighted by Crippen LogP contribution is 2.19. The third-order valence-electron chi connectivity index (χ3n) is 4.20. The minimum Gasteiger partial charge on any atom is -0.357 e. The monoisotopic (exact) mass is 328 g/mol. The van der Waals surface area contributed by atoms with Gasteiger partial charge in [-0.25, -0.2) is 9.78 Å². The van der Waals surface area contributed by atoms with Gasteiger partial charge in [0.05, 0.1) is 24.6 Å². The molecule has 7 nitrogen and oxygen atoms in total. The number of carbonyl (C=O) groups excluding carboxylic acids is 1. The lowest BCUT2D eigenvalue weighted by atomic mass is 10.1. The van der Waals surface area contributed by atoms with Crippen LogP contribution in [0.25, 0.3) is 0 Å². The highest BCUT2D eigenvalue weighted by Gasteiger charge is 2.13. The minimum absolute atomic E-state index is 0.161. The summed E-state index contributed by atoms with van der Waals surface area (Å²) in [6.45, 7) is 2.64. The van der Waals surface area contributed by atoms with Crippen LogP contribution in [0.5, 0.6) is 0 Å². The molecule has 0 bridgehead atoms. The van der Waals surface area contributed by atoms with Crippen LogP contribution in [-0.2, 0) is 13.6 Å². The first-order chi connectivity index (χ1) is 11.6. The van der Waals surface area contributed by atoms with Gasteiger partial charge >= 0.3 is 6.03 Å². The van der Waals surface area contributed by atoms with Crippen LogP contribution in [0.2, 0.25) is 0 Å². The lowest BCUT2D eigenvalue weighted by Gasteiger charge is -2.27. The SMILES string of the molecule is CN(Cc1cnn(C)c1)C(=O)Nc1ccc(N2CCCCC2)nc1. The van der Waals surface area contributed by atoms with Crippen LogP contribution in [0.3, 0.4) is 0 Å². The molecule has 24 heavy (non-hydrogen) atoms. The number of rotatable bonds is 4. The molecule has 0 unspecified atom stereocenters. The average molecular weight is 328 g/mol.